The molecule has 2 atom stereocenters. The van der Waals surface area contributed by atoms with Crippen molar-refractivity contribution in [3.63, 3.8) is 0 Å². The molecule has 1 heterocycles. The number of carbonyl (C=O) groups is 3. The van der Waals surface area contributed by atoms with E-state index in [1.165, 1.54) is 0 Å². The summed E-state index contributed by atoms with van der Waals surface area (Å²) in [5.74, 6) is -0.798. The highest BCUT2D eigenvalue weighted by Crippen LogP contribution is 2.35. The first kappa shape index (κ1) is 24.4. The molecule has 33 heavy (non-hydrogen) atoms. The Labute approximate surface area is 197 Å². The van der Waals surface area contributed by atoms with Crippen molar-refractivity contribution in [3.05, 3.63) is 64.2 Å². The highest BCUT2D eigenvalue weighted by molar-refractivity contribution is 6.30. The molecule has 0 fully saturated rings. The van der Waals surface area contributed by atoms with Gasteiger partial charge in [0.25, 0.3) is 5.91 Å². The van der Waals surface area contributed by atoms with Crippen molar-refractivity contribution in [1.29, 1.82) is 0 Å². The predicted molar refractivity (Wildman–Crippen MR) is 124 cm³/mol. The minimum absolute atomic E-state index is 0.219. The minimum atomic E-state index is -0.922. The lowest BCUT2D eigenvalue weighted by Crippen LogP contribution is -2.46. The van der Waals surface area contributed by atoms with Crippen molar-refractivity contribution in [3.8, 4) is 5.75 Å². The number of halogens is 1. The molecule has 0 saturated heterocycles. The summed E-state index contributed by atoms with van der Waals surface area (Å²) in [7, 11) is 0. The summed E-state index contributed by atoms with van der Waals surface area (Å²) in [5, 5.41) is 6.10. The molecule has 0 saturated carbocycles. The monoisotopic (exact) mass is 473 g/mol. The third kappa shape index (κ3) is 6.61. The third-order valence-electron chi connectivity index (χ3n) is 5.01. The third-order valence-corrected chi connectivity index (χ3v) is 5.26. The zero-order valence-electron chi connectivity index (χ0n) is 18.8. The molecule has 2 aromatic carbocycles. The zero-order valence-corrected chi connectivity index (χ0v) is 19.6. The maximum atomic E-state index is 13.1. The molecule has 3 rings (SSSR count). The Morgan fingerprint density at radius 1 is 1.18 bits per heavy atom. The van der Waals surface area contributed by atoms with Crippen LogP contribution >= 0.6 is 11.6 Å². The lowest BCUT2D eigenvalue weighted by molar-refractivity contribution is -0.119. The quantitative estimate of drug-likeness (QED) is 0.593. The van der Waals surface area contributed by atoms with Gasteiger partial charge >= 0.3 is 6.09 Å². The second-order valence-electron chi connectivity index (χ2n) is 8.82. The number of rotatable bonds is 6. The molecular weight excluding hydrogens is 446 g/mol. The summed E-state index contributed by atoms with van der Waals surface area (Å²) >= 11 is 5.91. The van der Waals surface area contributed by atoms with Crippen LogP contribution in [0.5, 0.6) is 5.75 Å². The van der Waals surface area contributed by atoms with E-state index in [0.717, 1.165) is 5.56 Å². The number of primary amides is 1. The fraction of sp³-hybridized carbons (Fsp3) is 0.375. The van der Waals surface area contributed by atoms with Crippen LogP contribution in [0.3, 0.4) is 0 Å². The summed E-state index contributed by atoms with van der Waals surface area (Å²) < 4.78 is 11.1. The van der Waals surface area contributed by atoms with Gasteiger partial charge in [-0.2, -0.15) is 0 Å². The topological polar surface area (TPSA) is 120 Å². The number of para-hydroxylation sites is 1. The van der Waals surface area contributed by atoms with E-state index < -0.39 is 29.6 Å². The molecule has 176 valence electrons. The molecule has 0 spiro atoms. The average molecular weight is 474 g/mol. The molecular formula is C24H28ClN3O5. The lowest BCUT2D eigenvalue weighted by Gasteiger charge is -2.29. The van der Waals surface area contributed by atoms with Crippen molar-refractivity contribution in [2.75, 3.05) is 6.61 Å². The number of hydrogen-bond acceptors (Lipinski definition) is 5. The second kappa shape index (κ2) is 10.1. The highest BCUT2D eigenvalue weighted by atomic mass is 35.5. The molecule has 0 aromatic heterocycles. The minimum Gasteiger partial charge on any atom is -0.492 e. The van der Waals surface area contributed by atoms with Gasteiger partial charge in [0, 0.05) is 23.4 Å². The van der Waals surface area contributed by atoms with E-state index in [-0.39, 0.29) is 18.0 Å². The Morgan fingerprint density at radius 3 is 2.52 bits per heavy atom. The normalized spacial score (nSPS) is 16.1. The van der Waals surface area contributed by atoms with Gasteiger partial charge < -0.3 is 25.8 Å². The van der Waals surface area contributed by atoms with E-state index in [2.05, 4.69) is 10.6 Å². The highest BCUT2D eigenvalue weighted by Gasteiger charge is 2.30. The summed E-state index contributed by atoms with van der Waals surface area (Å²) in [6, 6.07) is 10.7. The first-order valence-electron chi connectivity index (χ1n) is 10.6. The van der Waals surface area contributed by atoms with E-state index in [0.29, 0.717) is 29.4 Å². The van der Waals surface area contributed by atoms with Crippen LogP contribution in [0.4, 0.5) is 4.79 Å². The molecule has 3 amide bonds. The fourth-order valence-corrected chi connectivity index (χ4v) is 3.64. The summed E-state index contributed by atoms with van der Waals surface area (Å²) in [5.41, 5.74) is 6.62. The molecule has 1 aliphatic rings. The number of carbonyl (C=O) groups excluding carboxylic acids is 3. The van der Waals surface area contributed by atoms with Gasteiger partial charge in [-0.25, -0.2) is 4.79 Å². The molecule has 2 aromatic rings. The lowest BCUT2D eigenvalue weighted by atomic mass is 9.97. The second-order valence-corrected chi connectivity index (χ2v) is 9.26. The summed E-state index contributed by atoms with van der Waals surface area (Å²) in [4.78, 5) is 37.3. The van der Waals surface area contributed by atoms with Crippen LogP contribution in [0.15, 0.2) is 42.5 Å². The van der Waals surface area contributed by atoms with E-state index >= 15 is 0 Å². The van der Waals surface area contributed by atoms with Crippen LogP contribution in [0.25, 0.3) is 0 Å². The summed E-state index contributed by atoms with van der Waals surface area (Å²) in [6.07, 6.45) is 0.196. The van der Waals surface area contributed by atoms with E-state index in [1.54, 1.807) is 63.2 Å². The number of nitrogens with two attached hydrogens (primary N) is 1. The standard InChI is InChI=1S/C24H28ClN3O5/c1-24(2,3)33-23(31)28-18-11-12-32-20-16(18)5-4-6-17(20)22(30)27-19(21(26)29)13-14-7-9-15(25)10-8-14/h4-10,18-19H,11-13H2,1-3H3,(H2,26,29)(H,27,30)(H,28,31)/t18?,19-/m0/s1. The Balaban J connectivity index is 1.77. The Morgan fingerprint density at radius 2 is 1.88 bits per heavy atom. The number of amides is 3. The fourth-order valence-electron chi connectivity index (χ4n) is 3.52. The van der Waals surface area contributed by atoms with Gasteiger partial charge in [-0.3, -0.25) is 9.59 Å². The van der Waals surface area contributed by atoms with Crippen LogP contribution in [-0.4, -0.2) is 36.2 Å². The molecule has 0 radical (unpaired) electrons. The zero-order chi connectivity index (χ0) is 24.2. The van der Waals surface area contributed by atoms with Crippen LogP contribution < -0.4 is 21.1 Å². The van der Waals surface area contributed by atoms with E-state index in [4.69, 9.17) is 26.8 Å². The van der Waals surface area contributed by atoms with Crippen molar-refractivity contribution < 1.29 is 23.9 Å². The first-order valence-corrected chi connectivity index (χ1v) is 11.0. The predicted octanol–water partition coefficient (Wildman–Crippen LogP) is 3.51. The number of alkyl carbamates (subject to hydrolysis) is 1. The Bertz CT molecular complexity index is 1030. The van der Waals surface area contributed by atoms with Crippen LogP contribution in [0, 0.1) is 0 Å². The van der Waals surface area contributed by atoms with Gasteiger partial charge in [0.15, 0.2) is 0 Å². The Kier molecular flexibility index (Phi) is 7.48. The summed E-state index contributed by atoms with van der Waals surface area (Å²) in [6.45, 7) is 5.66. The van der Waals surface area contributed by atoms with Gasteiger partial charge in [-0.15, -0.1) is 0 Å². The number of benzene rings is 2. The molecule has 1 aliphatic heterocycles. The van der Waals surface area contributed by atoms with Crippen molar-refractivity contribution in [2.45, 2.75) is 51.3 Å². The molecule has 1 unspecified atom stereocenters. The van der Waals surface area contributed by atoms with E-state index in [9.17, 15) is 14.4 Å². The first-order chi connectivity index (χ1) is 15.5. The SMILES string of the molecule is CC(C)(C)OC(=O)NC1CCOc2c(C(=O)N[C@@H](Cc3ccc(Cl)cc3)C(N)=O)cccc21. The van der Waals surface area contributed by atoms with Crippen molar-refractivity contribution >= 4 is 29.5 Å². The number of ether oxygens (including phenoxy) is 2. The van der Waals surface area contributed by atoms with Crippen LogP contribution in [0.2, 0.25) is 5.02 Å². The van der Waals surface area contributed by atoms with Crippen LogP contribution in [-0.2, 0) is 16.0 Å². The average Bonchev–Trinajstić information content (AvgIpc) is 2.73. The number of fused-ring (bicyclic) bond motifs is 1. The van der Waals surface area contributed by atoms with Crippen LogP contribution in [0.1, 0.15) is 54.7 Å². The van der Waals surface area contributed by atoms with Crippen molar-refractivity contribution in [1.82, 2.24) is 10.6 Å². The van der Waals surface area contributed by atoms with Gasteiger partial charge in [-0.1, -0.05) is 35.9 Å². The molecule has 8 nitrogen and oxygen atoms in total. The van der Waals surface area contributed by atoms with Gasteiger partial charge in [-0.05, 0) is 44.5 Å². The van der Waals surface area contributed by atoms with Gasteiger partial charge in [0.1, 0.15) is 17.4 Å². The van der Waals surface area contributed by atoms with Gasteiger partial charge in [0.2, 0.25) is 5.91 Å². The van der Waals surface area contributed by atoms with Gasteiger partial charge in [0.05, 0.1) is 18.2 Å². The maximum Gasteiger partial charge on any atom is 0.408 e. The smallest absolute Gasteiger partial charge is 0.408 e. The van der Waals surface area contributed by atoms with E-state index in [1.807, 2.05) is 0 Å². The molecule has 0 bridgehead atoms. The Hall–Kier alpha value is -3.26. The molecule has 0 aliphatic carbocycles. The van der Waals surface area contributed by atoms with Crippen molar-refractivity contribution in [2.24, 2.45) is 5.73 Å². The molecule has 4 N–H and O–H groups in total. The number of nitrogens with one attached hydrogen (secondary N) is 2. The number of hydrogen-bond donors (Lipinski definition) is 3. The largest absolute Gasteiger partial charge is 0.492 e. The molecule has 9 heteroatoms. The maximum absolute atomic E-state index is 13.1.